The molecule has 0 saturated carbocycles. The first-order valence-corrected chi connectivity index (χ1v) is 21.2. The SMILES string of the molecule is CN1C(c2ccccc2)NC(c2cccc(-c3ccc4c(c3)c3c5ccccc5ccc3n4[N+]3=c4cccc5c4=C3c3ccccc3C5(C)C)c2)N(C)C1c1ccccc1. The predicted molar refractivity (Wildman–Crippen MR) is 246 cm³/mol. The van der Waals surface area contributed by atoms with E-state index in [2.05, 4.69) is 234 Å². The van der Waals surface area contributed by atoms with Crippen LogP contribution in [0.2, 0.25) is 0 Å². The van der Waals surface area contributed by atoms with E-state index >= 15 is 0 Å². The number of aromatic nitrogens is 1. The average Bonchev–Trinajstić information content (AvgIpc) is 3.60. The van der Waals surface area contributed by atoms with E-state index < -0.39 is 0 Å². The molecule has 9 aromatic rings. The third-order valence-corrected chi connectivity index (χ3v) is 13.7. The van der Waals surface area contributed by atoms with Crippen LogP contribution in [0.25, 0.3) is 49.4 Å². The smallest absolute Gasteiger partial charge is 0.258 e. The highest BCUT2D eigenvalue weighted by atomic mass is 15.5. The Labute approximate surface area is 350 Å². The van der Waals surface area contributed by atoms with Crippen LogP contribution in [-0.4, -0.2) is 28.6 Å². The van der Waals surface area contributed by atoms with Crippen molar-refractivity contribution in [3.8, 4) is 11.1 Å². The maximum Gasteiger partial charge on any atom is 0.258 e. The molecule has 1 aromatic heterocycles. The van der Waals surface area contributed by atoms with E-state index in [-0.39, 0.29) is 23.9 Å². The summed E-state index contributed by atoms with van der Waals surface area (Å²) in [5.41, 5.74) is 13.9. The second-order valence-electron chi connectivity index (χ2n) is 17.4. The summed E-state index contributed by atoms with van der Waals surface area (Å²) < 4.78 is 4.97. The first-order chi connectivity index (χ1) is 29.4. The number of nitrogens with one attached hydrogen (secondary N) is 1. The third-order valence-electron chi connectivity index (χ3n) is 13.7. The fourth-order valence-electron chi connectivity index (χ4n) is 10.9. The summed E-state index contributed by atoms with van der Waals surface area (Å²) in [5.74, 6) is 0. The lowest BCUT2D eigenvalue weighted by molar-refractivity contribution is -0.0660. The van der Waals surface area contributed by atoms with Gasteiger partial charge < -0.3 is 0 Å². The van der Waals surface area contributed by atoms with E-state index in [1.807, 2.05) is 0 Å². The number of nitrogens with zero attached hydrogens (tertiary/aromatic N) is 4. The van der Waals surface area contributed by atoms with Crippen LogP contribution in [-0.2, 0) is 5.41 Å². The zero-order valence-electron chi connectivity index (χ0n) is 34.3. The highest BCUT2D eigenvalue weighted by molar-refractivity contribution is 6.21. The first-order valence-electron chi connectivity index (χ1n) is 21.2. The minimum atomic E-state index is -0.0826. The molecule has 3 heterocycles. The van der Waals surface area contributed by atoms with Gasteiger partial charge in [0.1, 0.15) is 16.3 Å². The highest BCUT2D eigenvalue weighted by Gasteiger charge is 2.45. The van der Waals surface area contributed by atoms with Crippen molar-refractivity contribution < 1.29 is 0 Å². The Kier molecular flexibility index (Phi) is 7.76. The Morgan fingerprint density at radius 3 is 1.97 bits per heavy atom. The summed E-state index contributed by atoms with van der Waals surface area (Å²) in [5, 5.41) is 11.7. The molecule has 1 fully saturated rings. The van der Waals surface area contributed by atoms with Crippen molar-refractivity contribution in [2.45, 2.75) is 37.8 Å². The first kappa shape index (κ1) is 35.3. The molecule has 12 rings (SSSR count). The van der Waals surface area contributed by atoms with E-state index in [0.717, 1.165) is 0 Å². The van der Waals surface area contributed by atoms with E-state index in [9.17, 15) is 0 Å². The summed E-state index contributed by atoms with van der Waals surface area (Å²) in [6.07, 6.45) is 0.0765. The summed E-state index contributed by atoms with van der Waals surface area (Å²) in [6, 6.07) is 67.3. The van der Waals surface area contributed by atoms with Gasteiger partial charge in [0.05, 0.1) is 24.1 Å². The summed E-state index contributed by atoms with van der Waals surface area (Å²) in [6.45, 7) is 4.74. The molecule has 3 aliphatic rings. The molecule has 1 aliphatic carbocycles. The van der Waals surface area contributed by atoms with Gasteiger partial charge in [-0.05, 0) is 94.1 Å². The molecular formula is C55H46N5+. The van der Waals surface area contributed by atoms with Crippen molar-refractivity contribution in [2.24, 2.45) is 0 Å². The molecular weight excluding hydrogens is 731 g/mol. The second-order valence-corrected chi connectivity index (χ2v) is 17.4. The standard InChI is InChI=1S/C55H46N5/c1-55(2)44-26-14-13-25-42(44)51-50-45(55)27-16-28-47(50)60(51)59-46-31-30-39(34-43(46)49-41-24-12-11-17-35(41)29-32-48(49)59)38-22-15-23-40(33-38)53-56-52(36-18-7-5-8-19-36)57(3)54(58(53)4)37-20-9-6-10-21-37/h5-34,52-54,56H,1-4H3/q+1. The Morgan fingerprint density at radius 1 is 0.517 bits per heavy atom. The monoisotopic (exact) mass is 776 g/mol. The van der Waals surface area contributed by atoms with Gasteiger partial charge in [0.25, 0.3) is 11.1 Å². The molecule has 5 nitrogen and oxygen atoms in total. The van der Waals surface area contributed by atoms with Crippen LogP contribution in [0.5, 0.6) is 0 Å². The van der Waals surface area contributed by atoms with Crippen LogP contribution >= 0.6 is 0 Å². The molecule has 8 aromatic carbocycles. The van der Waals surface area contributed by atoms with Gasteiger partial charge in [-0.1, -0.05) is 164 Å². The van der Waals surface area contributed by atoms with Gasteiger partial charge >= 0.3 is 0 Å². The third kappa shape index (κ3) is 5.01. The van der Waals surface area contributed by atoms with E-state index in [0.29, 0.717) is 0 Å². The number of benzene rings is 8. The van der Waals surface area contributed by atoms with Crippen LogP contribution in [0.1, 0.15) is 65.7 Å². The zero-order valence-corrected chi connectivity index (χ0v) is 34.3. The van der Waals surface area contributed by atoms with Gasteiger partial charge in [-0.2, -0.15) is 0 Å². The minimum Gasteiger partial charge on any atom is -0.278 e. The summed E-state index contributed by atoms with van der Waals surface area (Å²) >= 11 is 0. The van der Waals surface area contributed by atoms with Gasteiger partial charge in [0.15, 0.2) is 0 Å². The Hall–Kier alpha value is -6.63. The quantitative estimate of drug-likeness (QED) is 0.176. The number of hydrogen-bond donors (Lipinski definition) is 1. The molecule has 60 heavy (non-hydrogen) atoms. The topological polar surface area (TPSA) is 26.5 Å². The lowest BCUT2D eigenvalue weighted by Gasteiger charge is -2.50. The van der Waals surface area contributed by atoms with Crippen LogP contribution < -0.4 is 20.6 Å². The van der Waals surface area contributed by atoms with Gasteiger partial charge in [-0.3, -0.25) is 15.1 Å². The number of rotatable bonds is 5. The molecule has 0 amide bonds. The molecule has 0 bridgehead atoms. The molecule has 3 unspecified atom stereocenters. The highest BCUT2D eigenvalue weighted by Crippen LogP contribution is 2.43. The summed E-state index contributed by atoms with van der Waals surface area (Å²) in [4.78, 5) is 4.91. The van der Waals surface area contributed by atoms with E-state index in [1.165, 1.54) is 93.4 Å². The van der Waals surface area contributed by atoms with Crippen LogP contribution in [0.3, 0.4) is 0 Å². The van der Waals surface area contributed by atoms with Crippen molar-refractivity contribution in [3.63, 3.8) is 0 Å². The average molecular weight is 777 g/mol. The fourth-order valence-corrected chi connectivity index (χ4v) is 10.9. The summed E-state index contributed by atoms with van der Waals surface area (Å²) in [7, 11) is 4.47. The number of fused-ring (bicyclic) bond motifs is 7. The lowest BCUT2D eigenvalue weighted by Crippen LogP contribution is -2.59. The Morgan fingerprint density at radius 2 is 1.15 bits per heavy atom. The maximum absolute atomic E-state index is 4.05. The van der Waals surface area contributed by atoms with Crippen molar-refractivity contribution in [2.75, 3.05) is 14.1 Å². The van der Waals surface area contributed by atoms with Crippen molar-refractivity contribution in [3.05, 3.63) is 226 Å². The van der Waals surface area contributed by atoms with Crippen LogP contribution in [0, 0.1) is 0 Å². The Balaban J connectivity index is 1.03. The van der Waals surface area contributed by atoms with Crippen molar-refractivity contribution >= 4 is 38.3 Å². The van der Waals surface area contributed by atoms with Crippen LogP contribution in [0.15, 0.2) is 182 Å². The molecule has 1 N–H and O–H groups in total. The number of hydrogen-bond acceptors (Lipinski definition) is 3. The zero-order chi connectivity index (χ0) is 40.3. The minimum absolute atomic E-state index is 0.0251. The van der Waals surface area contributed by atoms with Gasteiger partial charge in [-0.15, -0.1) is 4.68 Å². The van der Waals surface area contributed by atoms with E-state index in [4.69, 9.17) is 0 Å². The van der Waals surface area contributed by atoms with Crippen molar-refractivity contribution in [1.82, 2.24) is 24.5 Å². The van der Waals surface area contributed by atoms with Gasteiger partial charge in [0, 0.05) is 22.3 Å². The molecule has 290 valence electrons. The van der Waals surface area contributed by atoms with Gasteiger partial charge in [-0.25, -0.2) is 0 Å². The fraction of sp³-hybridized carbons (Fsp3) is 0.145. The predicted octanol–water partition coefficient (Wildman–Crippen LogP) is 10.2. The molecule has 3 atom stereocenters. The normalized spacial score (nSPS) is 19.7. The van der Waals surface area contributed by atoms with E-state index in [1.54, 1.807) is 0 Å². The second kappa shape index (κ2) is 13.2. The lowest BCUT2D eigenvalue weighted by atomic mass is 9.70. The molecule has 5 heteroatoms. The van der Waals surface area contributed by atoms with Crippen LogP contribution in [0.4, 0.5) is 0 Å². The molecule has 2 aliphatic heterocycles. The molecule has 1 saturated heterocycles. The largest absolute Gasteiger partial charge is 0.278 e. The Bertz CT molecular complexity index is 3330. The maximum atomic E-state index is 4.05. The molecule has 0 spiro atoms. The van der Waals surface area contributed by atoms with Gasteiger partial charge in [0.2, 0.25) is 0 Å². The molecule has 0 radical (unpaired) electrons. The van der Waals surface area contributed by atoms with Crippen molar-refractivity contribution in [1.29, 1.82) is 0 Å².